The van der Waals surface area contributed by atoms with Gasteiger partial charge in [-0.2, -0.15) is 0 Å². The van der Waals surface area contributed by atoms with Gasteiger partial charge in [0.25, 0.3) is 0 Å². The summed E-state index contributed by atoms with van der Waals surface area (Å²) in [5, 5.41) is 10.5. The maximum Gasteiger partial charge on any atom is 0.162 e. The van der Waals surface area contributed by atoms with Crippen molar-refractivity contribution in [3.8, 4) is 0 Å². The molecule has 0 aromatic heterocycles. The molecule has 0 saturated heterocycles. The quantitative estimate of drug-likeness (QED) is 0.397. The van der Waals surface area contributed by atoms with E-state index in [4.69, 9.17) is 0 Å². The maximum atomic E-state index is 12.6. The van der Waals surface area contributed by atoms with E-state index in [1.165, 1.54) is 51.4 Å². The van der Waals surface area contributed by atoms with Gasteiger partial charge in [-0.3, -0.25) is 4.79 Å². The summed E-state index contributed by atoms with van der Waals surface area (Å²) in [5.74, 6) is 0.904. The zero-order valence-corrected chi connectivity index (χ0v) is 17.1. The van der Waals surface area contributed by atoms with Crippen molar-refractivity contribution in [3.05, 3.63) is 11.8 Å². The number of allylic oxidation sites excluding steroid dienone is 2. The minimum atomic E-state index is 0.141. The third kappa shape index (κ3) is 4.68. The Kier molecular flexibility index (Phi) is 7.17. The Morgan fingerprint density at radius 1 is 0.800 bits per heavy atom. The zero-order valence-electron chi connectivity index (χ0n) is 17.1. The van der Waals surface area contributed by atoms with Gasteiger partial charge in [0, 0.05) is 17.9 Å². The van der Waals surface area contributed by atoms with E-state index in [2.05, 4.69) is 27.7 Å². The predicted octanol–water partition coefficient (Wildman–Crippen LogP) is 6.99. The molecule has 2 heteroatoms. The molecule has 0 aromatic carbocycles. The number of ketones is 1. The van der Waals surface area contributed by atoms with E-state index in [-0.39, 0.29) is 17.6 Å². The fourth-order valence-electron chi connectivity index (χ4n) is 5.34. The molecule has 2 nitrogen and oxygen atoms in total. The van der Waals surface area contributed by atoms with Crippen LogP contribution >= 0.6 is 0 Å². The van der Waals surface area contributed by atoms with Gasteiger partial charge in [0.2, 0.25) is 0 Å². The summed E-state index contributed by atoms with van der Waals surface area (Å²) in [4.78, 5) is 12.6. The molecule has 2 aliphatic carbocycles. The van der Waals surface area contributed by atoms with Gasteiger partial charge in [0.15, 0.2) is 5.78 Å². The highest BCUT2D eigenvalue weighted by molar-refractivity contribution is 5.92. The molecule has 2 aliphatic rings. The van der Waals surface area contributed by atoms with Crippen molar-refractivity contribution in [1.82, 2.24) is 0 Å². The average Bonchev–Trinajstić information content (AvgIpc) is 2.68. The normalized spacial score (nSPS) is 25.0. The largest absolute Gasteiger partial charge is 0.512 e. The van der Waals surface area contributed by atoms with Crippen LogP contribution in [0.5, 0.6) is 0 Å². The van der Waals surface area contributed by atoms with Crippen LogP contribution < -0.4 is 0 Å². The van der Waals surface area contributed by atoms with Gasteiger partial charge in [0.05, 0.1) is 5.76 Å². The second-order valence-corrected chi connectivity index (χ2v) is 8.93. The summed E-state index contributed by atoms with van der Waals surface area (Å²) in [5.41, 5.74) is 0.948. The molecule has 0 radical (unpaired) electrons. The molecule has 0 unspecified atom stereocenters. The lowest BCUT2D eigenvalue weighted by Gasteiger charge is -2.39. The summed E-state index contributed by atoms with van der Waals surface area (Å²) in [7, 11) is 0. The Balaban J connectivity index is 1.89. The molecule has 0 aliphatic heterocycles. The van der Waals surface area contributed by atoms with Crippen molar-refractivity contribution in [3.63, 3.8) is 0 Å². The van der Waals surface area contributed by atoms with Crippen molar-refractivity contribution in [2.24, 2.45) is 22.7 Å². The molecular weight excluding hydrogens is 308 g/mol. The minimum Gasteiger partial charge on any atom is -0.512 e. The first kappa shape index (κ1) is 20.5. The van der Waals surface area contributed by atoms with Gasteiger partial charge >= 0.3 is 0 Å². The molecule has 0 spiro atoms. The Hall–Kier alpha value is -0.790. The molecule has 2 saturated carbocycles. The fraction of sp³-hybridized carbons (Fsp3) is 0.870. The first-order chi connectivity index (χ1) is 11.9. The molecule has 144 valence electrons. The van der Waals surface area contributed by atoms with Crippen LogP contribution in [-0.2, 0) is 4.79 Å². The van der Waals surface area contributed by atoms with Crippen LogP contribution in [0.4, 0.5) is 0 Å². The van der Waals surface area contributed by atoms with Crippen LogP contribution in [0.3, 0.4) is 0 Å². The summed E-state index contributed by atoms with van der Waals surface area (Å²) >= 11 is 0. The van der Waals surface area contributed by atoms with Crippen molar-refractivity contribution in [2.75, 3.05) is 0 Å². The summed E-state index contributed by atoms with van der Waals surface area (Å²) < 4.78 is 0. The van der Waals surface area contributed by atoms with E-state index in [1.807, 2.05) is 0 Å². The zero-order chi connectivity index (χ0) is 18.5. The third-order valence-electron chi connectivity index (χ3n) is 8.20. The van der Waals surface area contributed by atoms with Crippen LogP contribution in [-0.4, -0.2) is 10.9 Å². The molecule has 0 heterocycles. The standard InChI is InChI=1S/C23H40O2/c1-5-22(6-2)13-9-18(10-14-22)20(24)17-21(25)19-11-15-23(7-3,8-4)16-12-19/h17-19,24H,5-16H2,1-4H3/b20-17-. The first-order valence-electron chi connectivity index (χ1n) is 10.9. The Bertz CT molecular complexity index is 448. The topological polar surface area (TPSA) is 37.3 Å². The average molecular weight is 349 g/mol. The molecule has 2 fully saturated rings. The minimum absolute atomic E-state index is 0.141. The number of aliphatic hydroxyl groups is 1. The number of aliphatic hydroxyl groups excluding tert-OH is 1. The molecule has 0 aromatic rings. The van der Waals surface area contributed by atoms with Gasteiger partial charge in [0.1, 0.15) is 0 Å². The fourth-order valence-corrected chi connectivity index (χ4v) is 5.34. The third-order valence-corrected chi connectivity index (χ3v) is 8.20. The summed E-state index contributed by atoms with van der Waals surface area (Å²) in [6, 6.07) is 0. The van der Waals surface area contributed by atoms with Crippen LogP contribution in [0.2, 0.25) is 0 Å². The van der Waals surface area contributed by atoms with E-state index in [0.29, 0.717) is 16.6 Å². The second-order valence-electron chi connectivity index (χ2n) is 8.93. The number of hydrogen-bond donors (Lipinski definition) is 1. The van der Waals surface area contributed by atoms with E-state index in [0.717, 1.165) is 25.7 Å². The van der Waals surface area contributed by atoms with Gasteiger partial charge in [-0.05, 0) is 62.2 Å². The van der Waals surface area contributed by atoms with E-state index in [1.54, 1.807) is 6.08 Å². The van der Waals surface area contributed by atoms with Gasteiger partial charge in [-0.1, -0.05) is 53.4 Å². The van der Waals surface area contributed by atoms with Crippen LogP contribution in [0.1, 0.15) is 105 Å². The smallest absolute Gasteiger partial charge is 0.162 e. The first-order valence-corrected chi connectivity index (χ1v) is 10.9. The summed E-state index contributed by atoms with van der Waals surface area (Å²) in [6.07, 6.45) is 15.3. The second kappa shape index (κ2) is 8.73. The van der Waals surface area contributed by atoms with Gasteiger partial charge in [-0.25, -0.2) is 0 Å². The summed E-state index contributed by atoms with van der Waals surface area (Å²) in [6.45, 7) is 9.15. The lowest BCUT2D eigenvalue weighted by Crippen LogP contribution is -2.30. The molecule has 2 rings (SSSR count). The lowest BCUT2D eigenvalue weighted by atomic mass is 9.66. The van der Waals surface area contributed by atoms with Crippen molar-refractivity contribution >= 4 is 5.78 Å². The highest BCUT2D eigenvalue weighted by Crippen LogP contribution is 2.46. The van der Waals surface area contributed by atoms with E-state index >= 15 is 0 Å². The van der Waals surface area contributed by atoms with Gasteiger partial charge < -0.3 is 5.11 Å². The lowest BCUT2D eigenvalue weighted by molar-refractivity contribution is -0.120. The predicted molar refractivity (Wildman–Crippen MR) is 106 cm³/mol. The van der Waals surface area contributed by atoms with Gasteiger partial charge in [-0.15, -0.1) is 0 Å². The number of carbonyl (C=O) groups is 1. The molecule has 1 N–H and O–H groups in total. The highest BCUT2D eigenvalue weighted by atomic mass is 16.3. The molecule has 0 atom stereocenters. The monoisotopic (exact) mass is 348 g/mol. The van der Waals surface area contributed by atoms with Crippen LogP contribution in [0, 0.1) is 22.7 Å². The Morgan fingerprint density at radius 2 is 1.16 bits per heavy atom. The number of carbonyl (C=O) groups excluding carboxylic acids is 1. The van der Waals surface area contributed by atoms with Crippen LogP contribution in [0.25, 0.3) is 0 Å². The SMILES string of the molecule is CCC1(CC)CCC(C(=O)/C=C(\O)C2CCC(CC)(CC)CC2)CC1. The maximum absolute atomic E-state index is 12.6. The van der Waals surface area contributed by atoms with Crippen molar-refractivity contribution < 1.29 is 9.90 Å². The molecular formula is C23H40O2. The van der Waals surface area contributed by atoms with Crippen molar-refractivity contribution in [1.29, 1.82) is 0 Å². The number of rotatable bonds is 7. The van der Waals surface area contributed by atoms with Crippen molar-refractivity contribution in [2.45, 2.75) is 105 Å². The number of hydrogen-bond acceptors (Lipinski definition) is 2. The molecule has 0 amide bonds. The highest BCUT2D eigenvalue weighted by Gasteiger charge is 2.36. The van der Waals surface area contributed by atoms with E-state index in [9.17, 15) is 9.90 Å². The molecule has 25 heavy (non-hydrogen) atoms. The Labute approximate surface area is 155 Å². The van der Waals surface area contributed by atoms with Crippen LogP contribution in [0.15, 0.2) is 11.8 Å². The Morgan fingerprint density at radius 3 is 1.52 bits per heavy atom. The molecule has 0 bridgehead atoms. The van der Waals surface area contributed by atoms with E-state index < -0.39 is 0 Å².